The van der Waals surface area contributed by atoms with Crippen LogP contribution in [0.2, 0.25) is 0 Å². The van der Waals surface area contributed by atoms with Gasteiger partial charge < -0.3 is 16.8 Å². The van der Waals surface area contributed by atoms with Crippen LogP contribution in [0.1, 0.15) is 6.92 Å². The minimum Gasteiger partial charge on any atom is -0.397 e. The molecule has 1 aromatic rings. The fourth-order valence-electron chi connectivity index (χ4n) is 0.883. The van der Waals surface area contributed by atoms with Crippen LogP contribution in [0.25, 0.3) is 0 Å². The Kier molecular flexibility index (Phi) is 5.04. The van der Waals surface area contributed by atoms with E-state index >= 15 is 0 Å². The van der Waals surface area contributed by atoms with Crippen molar-refractivity contribution in [3.63, 3.8) is 0 Å². The zero-order chi connectivity index (χ0) is 10.7. The van der Waals surface area contributed by atoms with Crippen molar-refractivity contribution in [1.82, 2.24) is 0 Å². The Balaban J connectivity index is 0.00000196. The largest absolute Gasteiger partial charge is 0.397 e. The Morgan fingerprint density at radius 2 is 2.13 bits per heavy atom. The molecule has 0 saturated carbocycles. The molecule has 1 amide bonds. The summed E-state index contributed by atoms with van der Waals surface area (Å²) < 4.78 is 12.8. The number of nitrogens with one attached hydrogen (secondary N) is 1. The van der Waals surface area contributed by atoms with Gasteiger partial charge in [0.2, 0.25) is 5.91 Å². The molecular formula is C9H13ClFN3O. The second-order valence-electron chi connectivity index (χ2n) is 3.01. The van der Waals surface area contributed by atoms with Gasteiger partial charge in [-0.1, -0.05) is 0 Å². The van der Waals surface area contributed by atoms with Gasteiger partial charge in [0.05, 0.1) is 17.4 Å². The van der Waals surface area contributed by atoms with Gasteiger partial charge in [-0.3, -0.25) is 4.79 Å². The van der Waals surface area contributed by atoms with Gasteiger partial charge in [-0.2, -0.15) is 0 Å². The van der Waals surface area contributed by atoms with Crippen molar-refractivity contribution in [1.29, 1.82) is 0 Å². The maximum Gasteiger partial charge on any atom is 0.241 e. The zero-order valence-corrected chi connectivity index (χ0v) is 8.98. The van der Waals surface area contributed by atoms with E-state index in [0.29, 0.717) is 5.69 Å². The molecule has 0 spiro atoms. The highest BCUT2D eigenvalue weighted by Gasteiger charge is 2.09. The maximum atomic E-state index is 12.8. The third kappa shape index (κ3) is 3.73. The van der Waals surface area contributed by atoms with Crippen molar-refractivity contribution in [2.24, 2.45) is 5.73 Å². The van der Waals surface area contributed by atoms with Crippen LogP contribution in [0.3, 0.4) is 0 Å². The van der Waals surface area contributed by atoms with Crippen molar-refractivity contribution in [2.45, 2.75) is 13.0 Å². The lowest BCUT2D eigenvalue weighted by Gasteiger charge is -2.09. The number of carbonyl (C=O) groups is 1. The zero-order valence-electron chi connectivity index (χ0n) is 8.16. The highest BCUT2D eigenvalue weighted by molar-refractivity contribution is 5.96. The van der Waals surface area contributed by atoms with Crippen molar-refractivity contribution in [3.05, 3.63) is 24.0 Å². The fraction of sp³-hybridized carbons (Fsp3) is 0.222. The summed E-state index contributed by atoms with van der Waals surface area (Å²) in [5, 5.41) is 2.42. The first-order valence-corrected chi connectivity index (χ1v) is 4.12. The van der Waals surface area contributed by atoms with E-state index in [4.69, 9.17) is 11.5 Å². The maximum absolute atomic E-state index is 12.8. The molecule has 6 heteroatoms. The molecule has 0 aliphatic carbocycles. The van der Waals surface area contributed by atoms with Crippen LogP contribution in [0.15, 0.2) is 18.2 Å². The van der Waals surface area contributed by atoms with Crippen LogP contribution >= 0.6 is 12.4 Å². The monoisotopic (exact) mass is 233 g/mol. The van der Waals surface area contributed by atoms with E-state index in [-0.39, 0.29) is 18.1 Å². The average molecular weight is 234 g/mol. The molecule has 0 aliphatic heterocycles. The summed E-state index contributed by atoms with van der Waals surface area (Å²) in [6, 6.07) is 3.09. The average Bonchev–Trinajstić information content (AvgIpc) is 2.11. The molecule has 1 unspecified atom stereocenters. The lowest BCUT2D eigenvalue weighted by Crippen LogP contribution is -2.32. The quantitative estimate of drug-likeness (QED) is 0.670. The lowest BCUT2D eigenvalue weighted by atomic mass is 10.2. The van der Waals surface area contributed by atoms with E-state index in [0.717, 1.165) is 6.07 Å². The Morgan fingerprint density at radius 1 is 1.53 bits per heavy atom. The third-order valence-corrected chi connectivity index (χ3v) is 1.69. The van der Waals surface area contributed by atoms with Crippen LogP contribution < -0.4 is 16.8 Å². The molecule has 0 saturated heterocycles. The van der Waals surface area contributed by atoms with Crippen molar-refractivity contribution in [3.8, 4) is 0 Å². The minimum absolute atomic E-state index is 0. The molecule has 0 aliphatic rings. The number of benzene rings is 1. The van der Waals surface area contributed by atoms with Crippen molar-refractivity contribution < 1.29 is 9.18 Å². The van der Waals surface area contributed by atoms with Gasteiger partial charge in [0.25, 0.3) is 0 Å². The molecule has 0 aromatic heterocycles. The van der Waals surface area contributed by atoms with E-state index in [1.165, 1.54) is 19.1 Å². The number of nitrogen functional groups attached to an aromatic ring is 1. The number of hydrogen-bond donors (Lipinski definition) is 3. The number of halogens is 2. The topological polar surface area (TPSA) is 81.1 Å². The summed E-state index contributed by atoms with van der Waals surface area (Å²) in [4.78, 5) is 11.2. The van der Waals surface area contributed by atoms with Gasteiger partial charge in [0.15, 0.2) is 0 Å². The third-order valence-electron chi connectivity index (χ3n) is 1.69. The van der Waals surface area contributed by atoms with Crippen molar-refractivity contribution >= 4 is 29.7 Å². The van der Waals surface area contributed by atoms with Crippen LogP contribution in [0.5, 0.6) is 0 Å². The Morgan fingerprint density at radius 3 is 2.67 bits per heavy atom. The van der Waals surface area contributed by atoms with Gasteiger partial charge >= 0.3 is 0 Å². The highest BCUT2D eigenvalue weighted by Crippen LogP contribution is 2.18. The number of rotatable bonds is 2. The number of hydrogen-bond acceptors (Lipinski definition) is 3. The number of anilines is 2. The number of amides is 1. The van der Waals surface area contributed by atoms with Crippen LogP contribution in [-0.2, 0) is 4.79 Å². The molecule has 0 bridgehead atoms. The highest BCUT2D eigenvalue weighted by atomic mass is 35.5. The smallest absolute Gasteiger partial charge is 0.241 e. The first-order chi connectivity index (χ1) is 6.50. The summed E-state index contributed by atoms with van der Waals surface area (Å²) >= 11 is 0. The van der Waals surface area contributed by atoms with E-state index in [1.54, 1.807) is 0 Å². The molecule has 84 valence electrons. The fourth-order valence-corrected chi connectivity index (χ4v) is 0.883. The molecule has 0 fully saturated rings. The number of nitrogens with two attached hydrogens (primary N) is 2. The molecule has 0 radical (unpaired) electrons. The predicted molar refractivity (Wildman–Crippen MR) is 60.3 cm³/mol. The van der Waals surface area contributed by atoms with Gasteiger partial charge in [-0.15, -0.1) is 12.4 Å². The Hall–Kier alpha value is -1.33. The summed E-state index contributed by atoms with van der Waals surface area (Å²) in [6.07, 6.45) is 0. The Labute approximate surface area is 93.2 Å². The van der Waals surface area contributed by atoms with Gasteiger partial charge in [0.1, 0.15) is 5.82 Å². The summed E-state index contributed by atoms with van der Waals surface area (Å²) in [6.45, 7) is 1.53. The number of carbonyl (C=O) groups excluding carboxylic acids is 1. The molecule has 5 N–H and O–H groups in total. The van der Waals surface area contributed by atoms with Crippen molar-refractivity contribution in [2.75, 3.05) is 11.1 Å². The van der Waals surface area contributed by atoms with E-state index in [2.05, 4.69) is 5.32 Å². The molecule has 4 nitrogen and oxygen atoms in total. The minimum atomic E-state index is -0.655. The van der Waals surface area contributed by atoms with Crippen LogP contribution in [0.4, 0.5) is 15.8 Å². The molecule has 1 atom stereocenters. The van der Waals surface area contributed by atoms with E-state index in [1.807, 2.05) is 0 Å². The molecule has 0 heterocycles. The first kappa shape index (κ1) is 13.7. The Bertz CT molecular complexity index is 357. The van der Waals surface area contributed by atoms with Crippen LogP contribution in [0, 0.1) is 5.82 Å². The summed E-state index contributed by atoms with van der Waals surface area (Å²) in [5.41, 5.74) is 11.4. The first-order valence-electron chi connectivity index (χ1n) is 4.12. The molecular weight excluding hydrogens is 221 g/mol. The van der Waals surface area contributed by atoms with E-state index in [9.17, 15) is 9.18 Å². The summed E-state index contributed by atoms with van der Waals surface area (Å²) in [5.74, 6) is -0.860. The summed E-state index contributed by atoms with van der Waals surface area (Å²) in [7, 11) is 0. The lowest BCUT2D eigenvalue weighted by molar-refractivity contribution is -0.117. The molecule has 15 heavy (non-hydrogen) atoms. The second kappa shape index (κ2) is 5.53. The normalized spacial score (nSPS) is 11.4. The standard InChI is InChI=1S/C9H12FN3O.ClH/c1-5(11)9(14)13-8-4-6(10)2-3-7(8)12;/h2-5H,11-12H2,1H3,(H,13,14);1H. The van der Waals surface area contributed by atoms with Gasteiger partial charge in [0, 0.05) is 0 Å². The SMILES string of the molecule is CC(N)C(=O)Nc1cc(F)ccc1N.Cl. The van der Waals surface area contributed by atoms with Gasteiger partial charge in [-0.25, -0.2) is 4.39 Å². The van der Waals surface area contributed by atoms with Crippen LogP contribution in [-0.4, -0.2) is 11.9 Å². The predicted octanol–water partition coefficient (Wildman–Crippen LogP) is 1.12. The molecule has 1 rings (SSSR count). The molecule has 1 aromatic carbocycles. The van der Waals surface area contributed by atoms with Gasteiger partial charge in [-0.05, 0) is 25.1 Å². The second-order valence-corrected chi connectivity index (χ2v) is 3.01. The van der Waals surface area contributed by atoms with E-state index < -0.39 is 17.8 Å².